The SMILES string of the molecule is COc1ccc(N(C)c2cc(C(O)CNC(C)(C)CCn3cnc4ccccc43)ccc2O)cc1. The summed E-state index contributed by atoms with van der Waals surface area (Å²) in [6.45, 7) is 5.50. The second kappa shape index (κ2) is 10.4. The van der Waals surface area contributed by atoms with Crippen molar-refractivity contribution in [2.24, 2.45) is 0 Å². The minimum atomic E-state index is -0.716. The minimum Gasteiger partial charge on any atom is -0.506 e. The average molecular weight is 475 g/mol. The second-order valence-electron chi connectivity index (χ2n) is 9.46. The second-order valence-corrected chi connectivity index (χ2v) is 9.46. The van der Waals surface area contributed by atoms with Crippen LogP contribution >= 0.6 is 0 Å². The lowest BCUT2D eigenvalue weighted by molar-refractivity contribution is 0.158. The summed E-state index contributed by atoms with van der Waals surface area (Å²) in [7, 11) is 3.51. The highest BCUT2D eigenvalue weighted by atomic mass is 16.5. The number of aromatic nitrogens is 2. The van der Waals surface area contributed by atoms with Crippen molar-refractivity contribution in [3.05, 3.63) is 78.6 Å². The summed E-state index contributed by atoms with van der Waals surface area (Å²) in [6.07, 6.45) is 2.04. The van der Waals surface area contributed by atoms with Gasteiger partial charge in [0.15, 0.2) is 0 Å². The molecular formula is C28H34N4O3. The number of nitrogens with one attached hydrogen (secondary N) is 1. The van der Waals surface area contributed by atoms with E-state index in [4.69, 9.17) is 4.74 Å². The number of hydrogen-bond acceptors (Lipinski definition) is 6. The van der Waals surface area contributed by atoms with Gasteiger partial charge < -0.3 is 29.7 Å². The van der Waals surface area contributed by atoms with E-state index >= 15 is 0 Å². The van der Waals surface area contributed by atoms with Crippen LogP contribution in [0.5, 0.6) is 11.5 Å². The van der Waals surface area contributed by atoms with Crippen LogP contribution in [0, 0.1) is 0 Å². The van der Waals surface area contributed by atoms with Crippen molar-refractivity contribution in [3.63, 3.8) is 0 Å². The van der Waals surface area contributed by atoms with Gasteiger partial charge in [-0.15, -0.1) is 0 Å². The molecule has 0 aliphatic heterocycles. The normalized spacial score (nSPS) is 12.6. The first-order chi connectivity index (χ1) is 16.8. The molecule has 4 aromatic rings. The lowest BCUT2D eigenvalue weighted by Gasteiger charge is -2.28. The first-order valence-corrected chi connectivity index (χ1v) is 11.8. The third kappa shape index (κ3) is 5.75. The fourth-order valence-electron chi connectivity index (χ4n) is 4.13. The van der Waals surface area contributed by atoms with Gasteiger partial charge in [-0.25, -0.2) is 4.98 Å². The third-order valence-corrected chi connectivity index (χ3v) is 6.48. The number of β-amino-alcohol motifs (C(OH)–C–C–N with tert-alkyl or cyclic N) is 1. The number of methoxy groups -OCH3 is 1. The molecule has 1 heterocycles. The lowest BCUT2D eigenvalue weighted by Crippen LogP contribution is -2.42. The van der Waals surface area contributed by atoms with Crippen molar-refractivity contribution in [2.75, 3.05) is 25.6 Å². The molecule has 1 atom stereocenters. The van der Waals surface area contributed by atoms with E-state index < -0.39 is 6.10 Å². The molecule has 0 aliphatic carbocycles. The monoisotopic (exact) mass is 474 g/mol. The number of phenolic OH excluding ortho intramolecular Hbond substituents is 1. The van der Waals surface area contributed by atoms with Gasteiger partial charge in [0.1, 0.15) is 11.5 Å². The van der Waals surface area contributed by atoms with Crippen molar-refractivity contribution in [1.82, 2.24) is 14.9 Å². The fourth-order valence-corrected chi connectivity index (χ4v) is 4.13. The number of nitrogens with zero attached hydrogens (tertiary/aromatic N) is 3. The topological polar surface area (TPSA) is 82.8 Å². The number of rotatable bonds is 10. The molecule has 0 aliphatic rings. The molecule has 0 fully saturated rings. The van der Waals surface area contributed by atoms with E-state index in [1.54, 1.807) is 19.2 Å². The molecule has 4 rings (SSSR count). The van der Waals surface area contributed by atoms with E-state index in [1.807, 2.05) is 66.8 Å². The van der Waals surface area contributed by atoms with Crippen LogP contribution < -0.4 is 15.0 Å². The minimum absolute atomic E-state index is 0.153. The molecule has 0 saturated carbocycles. The third-order valence-electron chi connectivity index (χ3n) is 6.48. The van der Waals surface area contributed by atoms with Crippen molar-refractivity contribution >= 4 is 22.4 Å². The molecule has 1 unspecified atom stereocenters. The van der Waals surface area contributed by atoms with Crippen LogP contribution in [0.1, 0.15) is 31.9 Å². The molecule has 35 heavy (non-hydrogen) atoms. The van der Waals surface area contributed by atoms with Gasteiger partial charge in [0, 0.05) is 31.4 Å². The number of aliphatic hydroxyl groups is 1. The predicted octanol–water partition coefficient (Wildman–Crippen LogP) is 5.01. The lowest BCUT2D eigenvalue weighted by atomic mass is 9.99. The number of fused-ring (bicyclic) bond motifs is 1. The number of aromatic hydroxyl groups is 1. The number of hydrogen-bond donors (Lipinski definition) is 3. The Morgan fingerprint density at radius 3 is 2.57 bits per heavy atom. The molecule has 7 nitrogen and oxygen atoms in total. The number of aryl methyl sites for hydroxylation is 1. The van der Waals surface area contributed by atoms with Crippen molar-refractivity contribution < 1.29 is 14.9 Å². The molecule has 184 valence electrons. The summed E-state index contributed by atoms with van der Waals surface area (Å²) in [5.74, 6) is 0.922. The highest BCUT2D eigenvalue weighted by Gasteiger charge is 2.21. The summed E-state index contributed by atoms with van der Waals surface area (Å²) < 4.78 is 7.39. The Morgan fingerprint density at radius 1 is 1.09 bits per heavy atom. The van der Waals surface area contributed by atoms with Gasteiger partial charge in [0.25, 0.3) is 0 Å². The average Bonchev–Trinajstić information content (AvgIpc) is 3.29. The number of phenols is 1. The fraction of sp³-hybridized carbons (Fsp3) is 0.321. The standard InChI is InChI=1S/C28H34N4O3/c1-28(2,15-16-32-19-29-23-7-5-6-8-24(23)32)30-18-27(34)20-9-14-26(33)25(17-20)31(3)21-10-12-22(35-4)13-11-21/h5-14,17,19,27,30,33-34H,15-16,18H2,1-4H3. The Hall–Kier alpha value is -3.55. The molecule has 0 bridgehead atoms. The van der Waals surface area contributed by atoms with Gasteiger partial charge in [0.05, 0.1) is 36.3 Å². The first kappa shape index (κ1) is 24.6. The van der Waals surface area contributed by atoms with Crippen LogP contribution in [0.4, 0.5) is 11.4 Å². The van der Waals surface area contributed by atoms with Gasteiger partial charge in [-0.05, 0) is 74.4 Å². The summed E-state index contributed by atoms with van der Waals surface area (Å²) in [6, 6.07) is 20.9. The van der Waals surface area contributed by atoms with E-state index in [9.17, 15) is 10.2 Å². The van der Waals surface area contributed by atoms with Crippen molar-refractivity contribution in [3.8, 4) is 11.5 Å². The zero-order valence-electron chi connectivity index (χ0n) is 20.8. The maximum atomic E-state index is 10.9. The quantitative estimate of drug-likeness (QED) is 0.300. The zero-order chi connectivity index (χ0) is 25.0. The van der Waals surface area contributed by atoms with Gasteiger partial charge in [-0.3, -0.25) is 0 Å². The molecule has 3 N–H and O–H groups in total. The van der Waals surface area contributed by atoms with Crippen molar-refractivity contribution in [2.45, 2.75) is 38.5 Å². The van der Waals surface area contributed by atoms with E-state index in [0.29, 0.717) is 12.2 Å². The zero-order valence-corrected chi connectivity index (χ0v) is 20.8. The van der Waals surface area contributed by atoms with Crippen LogP contribution in [0.2, 0.25) is 0 Å². The Kier molecular flexibility index (Phi) is 7.28. The molecule has 3 aromatic carbocycles. The first-order valence-electron chi connectivity index (χ1n) is 11.8. The van der Waals surface area contributed by atoms with Crippen LogP contribution in [-0.2, 0) is 6.54 Å². The summed E-state index contributed by atoms with van der Waals surface area (Å²) in [5.41, 5.74) is 4.20. The maximum absolute atomic E-state index is 10.9. The number of imidazole rings is 1. The van der Waals surface area contributed by atoms with Crippen LogP contribution in [0.25, 0.3) is 11.0 Å². The number of para-hydroxylation sites is 2. The summed E-state index contributed by atoms with van der Waals surface area (Å²) in [5, 5.41) is 24.9. The number of benzene rings is 3. The van der Waals surface area contributed by atoms with E-state index in [1.165, 1.54) is 0 Å². The Morgan fingerprint density at radius 2 is 1.83 bits per heavy atom. The van der Waals surface area contributed by atoms with Gasteiger partial charge in [0.2, 0.25) is 0 Å². The highest BCUT2D eigenvalue weighted by Crippen LogP contribution is 2.34. The van der Waals surface area contributed by atoms with Gasteiger partial charge in [-0.1, -0.05) is 18.2 Å². The number of aliphatic hydroxyl groups excluding tert-OH is 1. The van der Waals surface area contributed by atoms with Crippen LogP contribution in [-0.4, -0.2) is 46.0 Å². The molecule has 7 heteroatoms. The molecule has 0 saturated heterocycles. The Balaban J connectivity index is 1.39. The predicted molar refractivity (Wildman–Crippen MR) is 141 cm³/mol. The van der Waals surface area contributed by atoms with Gasteiger partial charge >= 0.3 is 0 Å². The summed E-state index contributed by atoms with van der Waals surface area (Å²) >= 11 is 0. The molecule has 1 aromatic heterocycles. The highest BCUT2D eigenvalue weighted by molar-refractivity contribution is 5.75. The molecule has 0 radical (unpaired) electrons. The van der Waals surface area contributed by atoms with Crippen molar-refractivity contribution in [1.29, 1.82) is 0 Å². The smallest absolute Gasteiger partial charge is 0.139 e. The van der Waals surface area contributed by atoms with Crippen LogP contribution in [0.3, 0.4) is 0 Å². The van der Waals surface area contributed by atoms with E-state index in [2.05, 4.69) is 34.8 Å². The number of anilines is 2. The van der Waals surface area contributed by atoms with E-state index in [-0.39, 0.29) is 11.3 Å². The van der Waals surface area contributed by atoms with Crippen LogP contribution in [0.15, 0.2) is 73.1 Å². The van der Waals surface area contributed by atoms with E-state index in [0.717, 1.165) is 41.0 Å². The summed E-state index contributed by atoms with van der Waals surface area (Å²) in [4.78, 5) is 6.35. The Bertz CT molecular complexity index is 1270. The maximum Gasteiger partial charge on any atom is 0.139 e. The molecule has 0 amide bonds. The van der Waals surface area contributed by atoms with Gasteiger partial charge in [-0.2, -0.15) is 0 Å². The molecular weight excluding hydrogens is 440 g/mol. The Labute approximate surface area is 206 Å². The molecule has 0 spiro atoms. The largest absolute Gasteiger partial charge is 0.506 e. The number of ether oxygens (including phenoxy) is 1.